The molecule has 1 aliphatic heterocycles. The van der Waals surface area contributed by atoms with E-state index < -0.39 is 0 Å². The van der Waals surface area contributed by atoms with E-state index >= 15 is 0 Å². The molecule has 0 bridgehead atoms. The molecule has 1 aliphatic rings. The number of aromatic nitrogens is 1. The first-order chi connectivity index (χ1) is 14.7. The van der Waals surface area contributed by atoms with Crippen molar-refractivity contribution >= 4 is 35.0 Å². The molecule has 1 N–H and O–H groups in total. The van der Waals surface area contributed by atoms with Crippen LogP contribution in [0.15, 0.2) is 59.1 Å². The normalized spacial score (nSPS) is 14.6. The molecule has 5 nitrogen and oxygen atoms in total. The van der Waals surface area contributed by atoms with E-state index in [9.17, 15) is 4.79 Å². The summed E-state index contributed by atoms with van der Waals surface area (Å²) < 4.78 is 5.79. The average Bonchev–Trinajstić information content (AvgIpc) is 3.24. The SMILES string of the molecule is O=C(CCc1ncc(-c2ccc(Cl)cc2)o1)Nc1ccccc1CN1CCSCC1. The number of hydrogen-bond donors (Lipinski definition) is 1. The van der Waals surface area contributed by atoms with Crippen LogP contribution >= 0.6 is 23.4 Å². The Morgan fingerprint density at radius 1 is 1.13 bits per heavy atom. The average molecular weight is 442 g/mol. The molecule has 7 heteroatoms. The maximum absolute atomic E-state index is 12.5. The molecule has 0 radical (unpaired) electrons. The summed E-state index contributed by atoms with van der Waals surface area (Å²) in [5, 5.41) is 3.74. The zero-order chi connectivity index (χ0) is 20.8. The summed E-state index contributed by atoms with van der Waals surface area (Å²) in [7, 11) is 0. The second-order valence-corrected chi connectivity index (χ2v) is 8.88. The van der Waals surface area contributed by atoms with Crippen LogP contribution in [-0.4, -0.2) is 40.4 Å². The topological polar surface area (TPSA) is 58.4 Å². The fourth-order valence-electron chi connectivity index (χ4n) is 3.39. The fourth-order valence-corrected chi connectivity index (χ4v) is 4.49. The summed E-state index contributed by atoms with van der Waals surface area (Å²) in [4.78, 5) is 19.3. The third kappa shape index (κ3) is 5.65. The Morgan fingerprint density at radius 2 is 1.90 bits per heavy atom. The van der Waals surface area contributed by atoms with E-state index in [0.717, 1.165) is 36.4 Å². The number of carbonyl (C=O) groups is 1. The second-order valence-electron chi connectivity index (χ2n) is 7.22. The molecular weight excluding hydrogens is 418 g/mol. The van der Waals surface area contributed by atoms with Gasteiger partial charge in [0.1, 0.15) is 0 Å². The molecule has 0 unspecified atom stereocenters. The van der Waals surface area contributed by atoms with Gasteiger partial charge in [-0.3, -0.25) is 9.69 Å². The lowest BCUT2D eigenvalue weighted by Crippen LogP contribution is -2.32. The molecule has 1 fully saturated rings. The standard InChI is InChI=1S/C23H24ClN3O2S/c24-19-7-5-17(6-8-19)21-15-25-23(29-21)10-9-22(28)26-20-4-2-1-3-18(20)16-27-11-13-30-14-12-27/h1-8,15H,9-14,16H2,(H,26,28). The largest absolute Gasteiger partial charge is 0.441 e. The Balaban J connectivity index is 1.33. The molecule has 3 aromatic rings. The van der Waals surface area contributed by atoms with Gasteiger partial charge in [0.25, 0.3) is 0 Å². The highest BCUT2D eigenvalue weighted by molar-refractivity contribution is 7.99. The predicted molar refractivity (Wildman–Crippen MR) is 123 cm³/mol. The van der Waals surface area contributed by atoms with Gasteiger partial charge in [-0.15, -0.1) is 0 Å². The molecule has 0 saturated carbocycles. The number of aryl methyl sites for hydroxylation is 1. The first kappa shape index (κ1) is 21.0. The van der Waals surface area contributed by atoms with Crippen molar-refractivity contribution in [3.63, 3.8) is 0 Å². The number of oxazole rings is 1. The molecule has 1 saturated heterocycles. The van der Waals surface area contributed by atoms with E-state index in [1.54, 1.807) is 6.20 Å². The van der Waals surface area contributed by atoms with Crippen LogP contribution < -0.4 is 5.32 Å². The van der Waals surface area contributed by atoms with Crippen LogP contribution in [-0.2, 0) is 17.8 Å². The van der Waals surface area contributed by atoms with Crippen LogP contribution in [0.1, 0.15) is 17.9 Å². The summed E-state index contributed by atoms with van der Waals surface area (Å²) in [6.45, 7) is 3.04. The molecule has 1 aromatic heterocycles. The summed E-state index contributed by atoms with van der Waals surface area (Å²) in [5.74, 6) is 3.52. The van der Waals surface area contributed by atoms with E-state index in [-0.39, 0.29) is 5.91 Å². The van der Waals surface area contributed by atoms with Gasteiger partial charge < -0.3 is 9.73 Å². The Morgan fingerprint density at radius 3 is 2.70 bits per heavy atom. The number of anilines is 1. The molecular formula is C23H24ClN3O2S. The molecule has 156 valence electrons. The number of benzene rings is 2. The number of hydrogen-bond acceptors (Lipinski definition) is 5. The van der Waals surface area contributed by atoms with Gasteiger partial charge in [0.2, 0.25) is 5.91 Å². The van der Waals surface area contributed by atoms with Gasteiger partial charge in [-0.1, -0.05) is 29.8 Å². The number of para-hydroxylation sites is 1. The van der Waals surface area contributed by atoms with Crippen molar-refractivity contribution in [3.8, 4) is 11.3 Å². The molecule has 0 atom stereocenters. The number of carbonyl (C=O) groups excluding carboxylic acids is 1. The van der Waals surface area contributed by atoms with Gasteiger partial charge >= 0.3 is 0 Å². The van der Waals surface area contributed by atoms with E-state index in [1.165, 1.54) is 11.5 Å². The van der Waals surface area contributed by atoms with E-state index in [0.29, 0.717) is 29.5 Å². The molecule has 4 rings (SSSR count). The Hall–Kier alpha value is -2.28. The Bertz CT molecular complexity index is 984. The highest BCUT2D eigenvalue weighted by Crippen LogP contribution is 2.23. The third-order valence-corrected chi connectivity index (χ3v) is 6.23. The number of halogens is 1. The maximum atomic E-state index is 12.5. The molecule has 30 heavy (non-hydrogen) atoms. The monoisotopic (exact) mass is 441 g/mol. The fraction of sp³-hybridized carbons (Fsp3) is 0.304. The summed E-state index contributed by atoms with van der Waals surface area (Å²) >= 11 is 7.92. The van der Waals surface area contributed by atoms with Crippen LogP contribution in [0.5, 0.6) is 0 Å². The van der Waals surface area contributed by atoms with Gasteiger partial charge in [-0.2, -0.15) is 11.8 Å². The van der Waals surface area contributed by atoms with Crippen molar-refractivity contribution in [1.29, 1.82) is 0 Å². The Kier molecular flexibility index (Phi) is 7.10. The highest BCUT2D eigenvalue weighted by Gasteiger charge is 2.14. The Labute approximate surface area is 185 Å². The second kappa shape index (κ2) is 10.2. The molecule has 1 amide bonds. The van der Waals surface area contributed by atoms with Gasteiger partial charge in [0, 0.05) is 60.3 Å². The molecule has 2 heterocycles. The van der Waals surface area contributed by atoms with Crippen LogP contribution in [0.4, 0.5) is 5.69 Å². The first-order valence-corrected chi connectivity index (χ1v) is 11.6. The van der Waals surface area contributed by atoms with E-state index in [1.807, 2.05) is 54.2 Å². The molecule has 2 aromatic carbocycles. The lowest BCUT2D eigenvalue weighted by atomic mass is 10.1. The van der Waals surface area contributed by atoms with Crippen LogP contribution in [0, 0.1) is 0 Å². The van der Waals surface area contributed by atoms with Crippen LogP contribution in [0.25, 0.3) is 11.3 Å². The smallest absolute Gasteiger partial charge is 0.224 e. The van der Waals surface area contributed by atoms with Gasteiger partial charge in [-0.05, 0) is 35.9 Å². The lowest BCUT2D eigenvalue weighted by Gasteiger charge is -2.27. The molecule has 0 aliphatic carbocycles. The minimum atomic E-state index is -0.0390. The van der Waals surface area contributed by atoms with Crippen molar-refractivity contribution in [3.05, 3.63) is 71.2 Å². The van der Waals surface area contributed by atoms with Crippen molar-refractivity contribution in [2.45, 2.75) is 19.4 Å². The predicted octanol–water partition coefficient (Wildman–Crippen LogP) is 5.12. The van der Waals surface area contributed by atoms with E-state index in [4.69, 9.17) is 16.0 Å². The van der Waals surface area contributed by atoms with Crippen molar-refractivity contribution in [2.24, 2.45) is 0 Å². The first-order valence-electron chi connectivity index (χ1n) is 10.1. The summed E-state index contributed by atoms with van der Waals surface area (Å²) in [6, 6.07) is 15.4. The lowest BCUT2D eigenvalue weighted by molar-refractivity contribution is -0.116. The zero-order valence-corrected chi connectivity index (χ0v) is 18.2. The van der Waals surface area contributed by atoms with Gasteiger partial charge in [0.05, 0.1) is 6.20 Å². The van der Waals surface area contributed by atoms with Gasteiger partial charge in [-0.25, -0.2) is 4.98 Å². The maximum Gasteiger partial charge on any atom is 0.224 e. The minimum absolute atomic E-state index is 0.0390. The zero-order valence-electron chi connectivity index (χ0n) is 16.6. The van der Waals surface area contributed by atoms with Crippen molar-refractivity contribution in [1.82, 2.24) is 9.88 Å². The van der Waals surface area contributed by atoms with Crippen LogP contribution in [0.3, 0.4) is 0 Å². The summed E-state index contributed by atoms with van der Waals surface area (Å²) in [5.41, 5.74) is 2.95. The number of nitrogens with one attached hydrogen (secondary N) is 1. The quantitative estimate of drug-likeness (QED) is 0.551. The number of amides is 1. The summed E-state index contributed by atoms with van der Waals surface area (Å²) in [6.07, 6.45) is 2.45. The van der Waals surface area contributed by atoms with Gasteiger partial charge in [0.15, 0.2) is 11.7 Å². The number of nitrogens with zero attached hydrogens (tertiary/aromatic N) is 2. The van der Waals surface area contributed by atoms with Crippen molar-refractivity contribution in [2.75, 3.05) is 29.9 Å². The van der Waals surface area contributed by atoms with E-state index in [2.05, 4.69) is 21.3 Å². The minimum Gasteiger partial charge on any atom is -0.441 e. The van der Waals surface area contributed by atoms with Crippen molar-refractivity contribution < 1.29 is 9.21 Å². The van der Waals surface area contributed by atoms with Crippen LogP contribution in [0.2, 0.25) is 5.02 Å². The highest BCUT2D eigenvalue weighted by atomic mass is 35.5. The molecule has 0 spiro atoms. The number of thioether (sulfide) groups is 1. The third-order valence-electron chi connectivity index (χ3n) is 5.04. The number of rotatable bonds is 7.